The van der Waals surface area contributed by atoms with Gasteiger partial charge in [-0.15, -0.1) is 0 Å². The molecule has 3 heteroatoms. The first-order valence-corrected chi connectivity index (χ1v) is 7.94. The van der Waals surface area contributed by atoms with Crippen molar-refractivity contribution in [2.75, 3.05) is 0 Å². The van der Waals surface area contributed by atoms with Gasteiger partial charge in [-0.2, -0.15) is 0 Å². The highest BCUT2D eigenvalue weighted by atomic mass is 16.5. The van der Waals surface area contributed by atoms with E-state index in [0.717, 1.165) is 35.1 Å². The summed E-state index contributed by atoms with van der Waals surface area (Å²) in [5, 5.41) is 0. The van der Waals surface area contributed by atoms with Crippen LogP contribution in [0.3, 0.4) is 0 Å². The number of Topliss-reactive ketones (excluding diaryl/α,β-unsaturated/α-hetero) is 2. The Bertz CT molecular complexity index is 774. The van der Waals surface area contributed by atoms with Gasteiger partial charge in [-0.3, -0.25) is 9.59 Å². The molecule has 1 aliphatic rings. The minimum absolute atomic E-state index is 0.0469. The summed E-state index contributed by atoms with van der Waals surface area (Å²) >= 11 is 0. The van der Waals surface area contributed by atoms with E-state index >= 15 is 0 Å². The Labute approximate surface area is 136 Å². The van der Waals surface area contributed by atoms with E-state index in [0.29, 0.717) is 24.3 Å². The Hall–Kier alpha value is -2.42. The molecule has 0 saturated heterocycles. The van der Waals surface area contributed by atoms with Crippen molar-refractivity contribution in [3.8, 4) is 5.75 Å². The lowest BCUT2D eigenvalue weighted by Gasteiger charge is -2.16. The van der Waals surface area contributed by atoms with E-state index in [-0.39, 0.29) is 11.6 Å². The molecule has 0 saturated carbocycles. The van der Waals surface area contributed by atoms with Gasteiger partial charge in [0.2, 0.25) is 0 Å². The van der Waals surface area contributed by atoms with E-state index in [1.807, 2.05) is 43.3 Å². The van der Waals surface area contributed by atoms with E-state index < -0.39 is 0 Å². The van der Waals surface area contributed by atoms with E-state index in [1.165, 1.54) is 0 Å². The molecule has 0 aromatic heterocycles. The number of hydrogen-bond acceptors (Lipinski definition) is 3. The maximum Gasteiger partial charge on any atom is 0.163 e. The average Bonchev–Trinajstić information content (AvgIpc) is 2.54. The van der Waals surface area contributed by atoms with Crippen LogP contribution in [-0.4, -0.2) is 11.6 Å². The Morgan fingerprint density at radius 1 is 1.13 bits per heavy atom. The number of ether oxygens (including phenoxy) is 1. The van der Waals surface area contributed by atoms with E-state index in [2.05, 4.69) is 0 Å². The van der Waals surface area contributed by atoms with Crippen molar-refractivity contribution in [2.45, 2.75) is 39.7 Å². The van der Waals surface area contributed by atoms with Crippen LogP contribution in [0.4, 0.5) is 0 Å². The van der Waals surface area contributed by atoms with Crippen LogP contribution >= 0.6 is 0 Å². The highest BCUT2D eigenvalue weighted by molar-refractivity contribution is 5.98. The van der Waals surface area contributed by atoms with Crippen molar-refractivity contribution in [1.82, 2.24) is 0 Å². The molecule has 0 amide bonds. The number of fused-ring (bicyclic) bond motifs is 1. The summed E-state index contributed by atoms with van der Waals surface area (Å²) in [6.07, 6.45) is 2.51. The molecule has 0 aliphatic heterocycles. The fraction of sp³-hybridized carbons (Fsp3) is 0.300. The van der Waals surface area contributed by atoms with Crippen LogP contribution in [0.1, 0.15) is 57.2 Å². The van der Waals surface area contributed by atoms with Gasteiger partial charge in [-0.05, 0) is 61.6 Å². The van der Waals surface area contributed by atoms with Crippen molar-refractivity contribution in [1.29, 1.82) is 0 Å². The van der Waals surface area contributed by atoms with Gasteiger partial charge in [0.15, 0.2) is 11.6 Å². The van der Waals surface area contributed by atoms with Crippen LogP contribution in [0.2, 0.25) is 0 Å². The van der Waals surface area contributed by atoms with Crippen LogP contribution in [0, 0.1) is 6.92 Å². The molecular formula is C20H20O3. The Morgan fingerprint density at radius 2 is 1.96 bits per heavy atom. The second-order valence-corrected chi connectivity index (χ2v) is 6.08. The van der Waals surface area contributed by atoms with Gasteiger partial charge in [0, 0.05) is 17.5 Å². The largest absolute Gasteiger partial charge is 0.489 e. The number of aryl methyl sites for hydroxylation is 2. The van der Waals surface area contributed by atoms with Gasteiger partial charge in [0.05, 0.1) is 0 Å². The fourth-order valence-corrected chi connectivity index (χ4v) is 2.90. The average molecular weight is 308 g/mol. The summed E-state index contributed by atoms with van der Waals surface area (Å²) in [5.41, 5.74) is 4.67. The molecule has 2 aromatic rings. The normalized spacial score (nSPS) is 13.6. The minimum atomic E-state index is 0.0469. The smallest absolute Gasteiger partial charge is 0.163 e. The lowest BCUT2D eigenvalue weighted by atomic mass is 9.90. The Balaban J connectivity index is 1.79. The van der Waals surface area contributed by atoms with Crippen molar-refractivity contribution < 1.29 is 14.3 Å². The summed E-state index contributed by atoms with van der Waals surface area (Å²) in [6, 6.07) is 11.4. The van der Waals surface area contributed by atoms with Gasteiger partial charge in [0.25, 0.3) is 0 Å². The minimum Gasteiger partial charge on any atom is -0.489 e. The van der Waals surface area contributed by atoms with Crippen molar-refractivity contribution in [3.05, 3.63) is 64.2 Å². The van der Waals surface area contributed by atoms with Gasteiger partial charge < -0.3 is 4.74 Å². The monoisotopic (exact) mass is 308 g/mol. The maximum atomic E-state index is 12.0. The summed E-state index contributed by atoms with van der Waals surface area (Å²) < 4.78 is 5.86. The second-order valence-electron chi connectivity index (χ2n) is 6.08. The van der Waals surface area contributed by atoms with Gasteiger partial charge in [0.1, 0.15) is 12.4 Å². The molecule has 0 bridgehead atoms. The molecule has 3 nitrogen and oxygen atoms in total. The van der Waals surface area contributed by atoms with Crippen molar-refractivity contribution in [2.24, 2.45) is 0 Å². The molecule has 0 atom stereocenters. The number of carbonyl (C=O) groups is 2. The summed E-state index contributed by atoms with van der Waals surface area (Å²) in [5.74, 6) is 0.948. The molecule has 0 N–H and O–H groups in total. The number of hydrogen-bond donors (Lipinski definition) is 0. The molecule has 0 radical (unpaired) electrons. The predicted octanol–water partition coefficient (Wildman–Crippen LogP) is 4.30. The van der Waals surface area contributed by atoms with Crippen LogP contribution < -0.4 is 4.74 Å². The van der Waals surface area contributed by atoms with Gasteiger partial charge >= 0.3 is 0 Å². The van der Waals surface area contributed by atoms with E-state index in [4.69, 9.17) is 4.74 Å². The number of benzene rings is 2. The summed E-state index contributed by atoms with van der Waals surface area (Å²) in [6.45, 7) is 3.95. The third kappa shape index (κ3) is 3.34. The zero-order valence-corrected chi connectivity index (χ0v) is 13.5. The second kappa shape index (κ2) is 6.37. The molecule has 3 rings (SSSR count). The first-order chi connectivity index (χ1) is 11.0. The molecule has 118 valence electrons. The van der Waals surface area contributed by atoms with Gasteiger partial charge in [-0.25, -0.2) is 0 Å². The fourth-order valence-electron chi connectivity index (χ4n) is 2.90. The topological polar surface area (TPSA) is 43.4 Å². The summed E-state index contributed by atoms with van der Waals surface area (Å²) in [4.78, 5) is 23.5. The van der Waals surface area contributed by atoms with E-state index in [9.17, 15) is 9.59 Å². The molecule has 0 spiro atoms. The quantitative estimate of drug-likeness (QED) is 0.791. The lowest BCUT2D eigenvalue weighted by Crippen LogP contribution is -2.11. The highest BCUT2D eigenvalue weighted by Gasteiger charge is 2.17. The number of rotatable bonds is 4. The SMILES string of the molecule is CC(=O)c1ccc(C)c(COc2ccc3c(c2)C(=O)CCC3)c1. The molecule has 1 aliphatic carbocycles. The van der Waals surface area contributed by atoms with Gasteiger partial charge in [-0.1, -0.05) is 18.2 Å². The molecule has 2 aromatic carbocycles. The van der Waals surface area contributed by atoms with Crippen LogP contribution in [-0.2, 0) is 13.0 Å². The molecular weight excluding hydrogens is 288 g/mol. The molecule has 23 heavy (non-hydrogen) atoms. The highest BCUT2D eigenvalue weighted by Crippen LogP contribution is 2.26. The van der Waals surface area contributed by atoms with Crippen LogP contribution in [0.15, 0.2) is 36.4 Å². The van der Waals surface area contributed by atoms with Crippen LogP contribution in [0.25, 0.3) is 0 Å². The Morgan fingerprint density at radius 3 is 2.74 bits per heavy atom. The lowest BCUT2D eigenvalue weighted by molar-refractivity contribution is 0.0970. The number of carbonyl (C=O) groups excluding carboxylic acids is 2. The number of ketones is 2. The van der Waals surface area contributed by atoms with Crippen molar-refractivity contribution in [3.63, 3.8) is 0 Å². The van der Waals surface area contributed by atoms with Crippen molar-refractivity contribution >= 4 is 11.6 Å². The maximum absolute atomic E-state index is 12.0. The third-order valence-electron chi connectivity index (χ3n) is 4.38. The molecule has 0 fully saturated rings. The zero-order chi connectivity index (χ0) is 16.4. The first kappa shape index (κ1) is 15.5. The summed E-state index contributed by atoms with van der Waals surface area (Å²) in [7, 11) is 0. The molecule has 0 heterocycles. The van der Waals surface area contributed by atoms with Crippen LogP contribution in [0.5, 0.6) is 5.75 Å². The van der Waals surface area contributed by atoms with E-state index in [1.54, 1.807) is 6.92 Å². The third-order valence-corrected chi connectivity index (χ3v) is 4.38. The predicted molar refractivity (Wildman–Crippen MR) is 89.2 cm³/mol. The first-order valence-electron chi connectivity index (χ1n) is 7.94. The Kier molecular flexibility index (Phi) is 4.28. The molecule has 0 unspecified atom stereocenters. The zero-order valence-electron chi connectivity index (χ0n) is 13.5. The standard InChI is InChI=1S/C20H20O3/c1-13-6-7-16(14(2)21)10-17(13)12-23-18-9-8-15-4-3-5-20(22)19(15)11-18/h6-11H,3-5,12H2,1-2H3.